The van der Waals surface area contributed by atoms with E-state index < -0.39 is 43.7 Å². The zero-order chi connectivity index (χ0) is 58.0. The topological polar surface area (TPSA) is 191 Å². The largest absolute Gasteiger partial charge is 0.370 e. The first-order valence-corrected chi connectivity index (χ1v) is 39.6. The fourth-order valence-corrected chi connectivity index (χ4v) is 14.7. The number of hydrogen-bond acceptors (Lipinski definition) is 17. The zero-order valence-electron chi connectivity index (χ0n) is 50.1. The second-order valence-electron chi connectivity index (χ2n) is 19.5. The summed E-state index contributed by atoms with van der Waals surface area (Å²) in [4.78, 5) is 4.73. The molecular formula is C46H106F3N4O12P6S2V-. The third-order valence-corrected chi connectivity index (χ3v) is 21.1. The number of rotatable bonds is 26. The predicted octanol–water partition coefficient (Wildman–Crippen LogP) is 17.5. The van der Waals surface area contributed by atoms with Gasteiger partial charge in [-0.2, -0.15) is 17.9 Å². The molecule has 0 bridgehead atoms. The standard InChI is InChI=1S/2C11H26NO2PS.C7H14FO2P.C7H16FO2P.C5H11N2O2P.C4H10FO2P.CH3.V/c1-7-14-15(6,13)16-9-8-12(10(2)3)11(4)5;1-6-12(7-2)8-9-16-15(5,13)14-10-11(3)4;1-11(8,9)10-7-5-3-2-4-6-7;1-6(7(2,3)4)10-11(5,8)9;1-4-9-10(8,5-6)7(2)3;1-4(2)7-8(3,5)6;;/h10-11H,7-9H2,1-6H3;11H,6-10H2,1-5H3;7H,2-6H2,1H3;6H,1-5H3;4H2,1-3H3;4H,1-3H3;1H3;/q;;;;;;-1;. The Morgan fingerprint density at radius 3 is 1.31 bits per heavy atom. The van der Waals surface area contributed by atoms with Crippen molar-refractivity contribution in [2.75, 3.05) is 105 Å². The van der Waals surface area contributed by atoms with Crippen molar-refractivity contribution in [3.8, 4) is 5.81 Å². The van der Waals surface area contributed by atoms with Gasteiger partial charge in [0.05, 0.1) is 38.1 Å². The molecule has 7 unspecified atom stereocenters. The van der Waals surface area contributed by atoms with Gasteiger partial charge in [-0.05, 0) is 114 Å². The Balaban J connectivity index is -0.000000147. The molecular weight excluding hydrogens is 1160 g/mol. The summed E-state index contributed by atoms with van der Waals surface area (Å²) in [6, 6.07) is 1.06. The van der Waals surface area contributed by atoms with Crippen molar-refractivity contribution in [1.29, 1.82) is 5.26 Å². The SMILES string of the molecule is CC(C)OP(C)(=O)F.CC(OP(C)(=O)F)C(C)(C)C.CCN(CC)CCSP(C)(=O)OCC(C)C.CCOP(=O)(C#N)N(C)C.CCOP(C)(=O)SCCN(C(C)C)C(C)C.CP(=O)(F)OC1CCCCC1.[CH3-].[V]. The summed E-state index contributed by atoms with van der Waals surface area (Å²) in [7, 11) is -11.3. The van der Waals surface area contributed by atoms with E-state index in [0.29, 0.717) is 37.8 Å². The first-order valence-electron chi connectivity index (χ1n) is 24.8. The minimum Gasteiger partial charge on any atom is -0.358 e. The van der Waals surface area contributed by atoms with Gasteiger partial charge in [0.25, 0.3) is 13.1 Å². The molecule has 451 valence electrons. The van der Waals surface area contributed by atoms with Gasteiger partial charge >= 0.3 is 30.6 Å². The van der Waals surface area contributed by atoms with Gasteiger partial charge in [0.2, 0.25) is 0 Å². The first kappa shape index (κ1) is 89.4. The molecule has 16 nitrogen and oxygen atoms in total. The molecule has 0 amide bonds. The normalized spacial score (nSPS) is 18.1. The van der Waals surface area contributed by atoms with Gasteiger partial charge in [0, 0.05) is 88.6 Å². The molecule has 0 aliphatic heterocycles. The summed E-state index contributed by atoms with van der Waals surface area (Å²) >= 11 is 2.93. The molecule has 0 aromatic heterocycles. The zero-order valence-corrected chi connectivity index (χ0v) is 58.5. The van der Waals surface area contributed by atoms with Crippen molar-refractivity contribution >= 4 is 66.5 Å². The smallest absolute Gasteiger partial charge is 0.358 e. The van der Waals surface area contributed by atoms with Gasteiger partial charge in [-0.25, -0.2) is 4.67 Å². The van der Waals surface area contributed by atoms with Crippen LogP contribution in [0.25, 0.3) is 0 Å². The van der Waals surface area contributed by atoms with Crippen molar-refractivity contribution in [3.63, 3.8) is 0 Å². The maximum Gasteiger partial charge on any atom is 0.370 e. The molecule has 1 saturated carbocycles. The predicted molar refractivity (Wildman–Crippen MR) is 312 cm³/mol. The molecule has 1 rings (SSSR count). The van der Waals surface area contributed by atoms with Crippen molar-refractivity contribution in [1.82, 2.24) is 14.5 Å². The van der Waals surface area contributed by atoms with Crippen LogP contribution in [0.1, 0.15) is 143 Å². The fourth-order valence-electron chi connectivity index (χ4n) is 5.56. The van der Waals surface area contributed by atoms with Crippen LogP contribution in [-0.4, -0.2) is 150 Å². The molecule has 0 aromatic rings. The van der Waals surface area contributed by atoms with Crippen LogP contribution in [0, 0.1) is 29.8 Å². The van der Waals surface area contributed by atoms with Gasteiger partial charge in [0.15, 0.2) is 5.81 Å². The average Bonchev–Trinajstić information content (AvgIpc) is 3.19. The maximum atomic E-state index is 12.5. The Bertz CT molecular complexity index is 1710. The minimum atomic E-state index is -3.82. The maximum absolute atomic E-state index is 12.5. The number of halogens is 3. The van der Waals surface area contributed by atoms with Crippen LogP contribution in [0.2, 0.25) is 0 Å². The Labute approximate surface area is 471 Å². The molecule has 74 heavy (non-hydrogen) atoms. The van der Waals surface area contributed by atoms with E-state index in [1.807, 2.05) is 27.7 Å². The van der Waals surface area contributed by atoms with E-state index in [2.05, 4.69) is 69.7 Å². The molecule has 7 atom stereocenters. The molecule has 1 aliphatic carbocycles. The Hall–Kier alpha value is 1.58. The van der Waals surface area contributed by atoms with Gasteiger partial charge in [-0.15, -0.1) is 0 Å². The van der Waals surface area contributed by atoms with Crippen molar-refractivity contribution in [2.24, 2.45) is 11.3 Å². The second-order valence-corrected chi connectivity index (χ2v) is 37.4. The van der Waals surface area contributed by atoms with E-state index in [1.54, 1.807) is 60.9 Å². The summed E-state index contributed by atoms with van der Waals surface area (Å²) < 4.78 is 134. The van der Waals surface area contributed by atoms with Gasteiger partial charge in [-0.3, -0.25) is 32.3 Å². The van der Waals surface area contributed by atoms with Crippen LogP contribution in [0.4, 0.5) is 12.6 Å². The van der Waals surface area contributed by atoms with Gasteiger partial charge in [-0.1, -0.05) is 90.5 Å². The number of hydrogen-bond donors (Lipinski definition) is 0. The third kappa shape index (κ3) is 61.2. The van der Waals surface area contributed by atoms with Crippen LogP contribution in [0.3, 0.4) is 0 Å². The first-order chi connectivity index (χ1) is 32.4. The Kier molecular flexibility index (Phi) is 55.7. The van der Waals surface area contributed by atoms with E-state index in [0.717, 1.165) is 83.4 Å². The van der Waals surface area contributed by atoms with E-state index in [1.165, 1.54) is 33.9 Å². The molecule has 0 N–H and O–H groups in total. The summed E-state index contributed by atoms with van der Waals surface area (Å²) in [5.74, 6) is 3.83. The van der Waals surface area contributed by atoms with Gasteiger partial charge < -0.3 is 39.5 Å². The molecule has 0 heterocycles. The second kappa shape index (κ2) is 46.1. The molecule has 1 aliphatic rings. The van der Waals surface area contributed by atoms with E-state index in [9.17, 15) is 40.0 Å². The third-order valence-electron chi connectivity index (χ3n) is 9.45. The molecule has 0 spiro atoms. The molecule has 28 heteroatoms. The molecule has 0 saturated heterocycles. The Morgan fingerprint density at radius 2 is 1.05 bits per heavy atom. The van der Waals surface area contributed by atoms with Crippen LogP contribution in [0.15, 0.2) is 0 Å². The van der Waals surface area contributed by atoms with Crippen LogP contribution in [-0.2, 0) is 73.1 Å². The number of nitriles is 1. The average molecular weight is 1270 g/mol. The monoisotopic (exact) mass is 1260 g/mol. The van der Waals surface area contributed by atoms with Crippen LogP contribution in [0.5, 0.6) is 0 Å². The Morgan fingerprint density at radius 1 is 0.649 bits per heavy atom. The van der Waals surface area contributed by atoms with E-state index in [-0.39, 0.29) is 49.7 Å². The fraction of sp³-hybridized carbons (Fsp3) is 0.957. The molecule has 1 fully saturated rings. The van der Waals surface area contributed by atoms with Gasteiger partial charge in [0.1, 0.15) is 0 Å². The van der Waals surface area contributed by atoms with Crippen molar-refractivity contribution in [2.45, 2.75) is 173 Å². The number of nitrogens with zero attached hydrogens (tertiary/aromatic N) is 4. The summed E-state index contributed by atoms with van der Waals surface area (Å²) in [5.41, 5.74) is -0.169. The van der Waals surface area contributed by atoms with Crippen molar-refractivity contribution < 1.29 is 85.7 Å². The van der Waals surface area contributed by atoms with Crippen LogP contribution >= 0.6 is 66.5 Å². The van der Waals surface area contributed by atoms with Crippen molar-refractivity contribution in [3.05, 3.63) is 7.43 Å². The molecule has 1 radical (unpaired) electrons. The van der Waals surface area contributed by atoms with Crippen LogP contribution < -0.4 is 0 Å². The quantitative estimate of drug-likeness (QED) is 0.0586. The minimum absolute atomic E-state index is 0. The summed E-state index contributed by atoms with van der Waals surface area (Å²) in [6.07, 6.45) is 4.35. The summed E-state index contributed by atoms with van der Waals surface area (Å²) in [6.45, 7) is 38.5. The summed E-state index contributed by atoms with van der Waals surface area (Å²) in [5, 5.41) is 8.41. The molecule has 0 aromatic carbocycles. The van der Waals surface area contributed by atoms with E-state index in [4.69, 9.17) is 27.9 Å². The van der Waals surface area contributed by atoms with E-state index >= 15 is 0 Å².